The number of likely N-dealkylation sites (N-methyl/N-ethyl adjacent to an activating group) is 1. The quantitative estimate of drug-likeness (QED) is 0.824. The van der Waals surface area contributed by atoms with Gasteiger partial charge in [-0.25, -0.2) is 0 Å². The molecule has 25 heavy (non-hydrogen) atoms. The van der Waals surface area contributed by atoms with Gasteiger partial charge in [0.1, 0.15) is 5.75 Å². The van der Waals surface area contributed by atoms with E-state index in [1.807, 2.05) is 32.9 Å². The highest BCUT2D eigenvalue weighted by molar-refractivity contribution is 6.34. The van der Waals surface area contributed by atoms with Crippen molar-refractivity contribution in [1.29, 1.82) is 0 Å². The molecule has 0 fully saturated rings. The summed E-state index contributed by atoms with van der Waals surface area (Å²) in [5, 5.41) is 5.99. The molecule has 0 saturated heterocycles. The van der Waals surface area contributed by atoms with Crippen molar-refractivity contribution in [2.75, 3.05) is 18.5 Å². The highest BCUT2D eigenvalue weighted by Crippen LogP contribution is 2.28. The van der Waals surface area contributed by atoms with E-state index in [1.165, 1.54) is 0 Å². The van der Waals surface area contributed by atoms with Crippen molar-refractivity contribution in [2.24, 2.45) is 0 Å². The number of nitrogens with one attached hydrogen (secondary N) is 2. The predicted octanol–water partition coefficient (Wildman–Crippen LogP) is 3.72. The first-order valence-electron chi connectivity index (χ1n) is 7.98. The Morgan fingerprint density at radius 1 is 1.12 bits per heavy atom. The fourth-order valence-corrected chi connectivity index (χ4v) is 2.73. The summed E-state index contributed by atoms with van der Waals surface area (Å²) in [5.41, 5.74) is 3.02. The van der Waals surface area contributed by atoms with Gasteiger partial charge in [0.05, 0.1) is 10.7 Å². The van der Waals surface area contributed by atoms with Crippen LogP contribution < -0.4 is 15.4 Å². The number of benzene rings is 2. The van der Waals surface area contributed by atoms with Crippen molar-refractivity contribution in [3.8, 4) is 5.75 Å². The number of carbonyl (C=O) groups excluding carboxylic acids is 2. The Balaban J connectivity index is 2.02. The molecule has 0 bridgehead atoms. The van der Waals surface area contributed by atoms with E-state index in [1.54, 1.807) is 24.3 Å². The summed E-state index contributed by atoms with van der Waals surface area (Å²) >= 11 is 6.22. The third kappa shape index (κ3) is 5.22. The third-order valence-electron chi connectivity index (χ3n) is 3.53. The van der Waals surface area contributed by atoms with Crippen LogP contribution in [0.1, 0.15) is 28.4 Å². The monoisotopic (exact) mass is 360 g/mol. The van der Waals surface area contributed by atoms with Crippen LogP contribution in [0.4, 0.5) is 5.69 Å². The first-order valence-corrected chi connectivity index (χ1v) is 8.36. The van der Waals surface area contributed by atoms with E-state index in [-0.39, 0.29) is 18.4 Å². The first kappa shape index (κ1) is 18.8. The number of amides is 2. The van der Waals surface area contributed by atoms with Crippen LogP contribution in [0.25, 0.3) is 0 Å². The minimum absolute atomic E-state index is 0.0580. The summed E-state index contributed by atoms with van der Waals surface area (Å²) in [7, 11) is 0. The SMILES string of the molecule is CCNC(=O)COc1ccc(C(=O)Nc2c(C)cc(C)cc2Cl)cc1. The second-order valence-corrected chi connectivity index (χ2v) is 6.07. The molecule has 0 aliphatic carbocycles. The molecule has 0 aliphatic heterocycles. The van der Waals surface area contributed by atoms with E-state index in [0.717, 1.165) is 11.1 Å². The predicted molar refractivity (Wildman–Crippen MR) is 99.5 cm³/mol. The number of halogens is 1. The van der Waals surface area contributed by atoms with E-state index < -0.39 is 0 Å². The van der Waals surface area contributed by atoms with E-state index in [4.69, 9.17) is 16.3 Å². The highest BCUT2D eigenvalue weighted by Gasteiger charge is 2.11. The molecule has 0 heterocycles. The van der Waals surface area contributed by atoms with Gasteiger partial charge in [-0.3, -0.25) is 9.59 Å². The van der Waals surface area contributed by atoms with Crippen LogP contribution in [-0.2, 0) is 4.79 Å². The molecule has 0 saturated carbocycles. The van der Waals surface area contributed by atoms with Crippen molar-refractivity contribution in [3.63, 3.8) is 0 Å². The molecule has 6 heteroatoms. The Hall–Kier alpha value is -2.53. The maximum atomic E-state index is 12.4. The average molecular weight is 361 g/mol. The number of hydrogen-bond acceptors (Lipinski definition) is 3. The Bertz CT molecular complexity index is 750. The molecule has 0 atom stereocenters. The maximum Gasteiger partial charge on any atom is 0.257 e. The summed E-state index contributed by atoms with van der Waals surface area (Å²) < 4.78 is 5.36. The lowest BCUT2D eigenvalue weighted by Crippen LogP contribution is -2.28. The lowest BCUT2D eigenvalue weighted by molar-refractivity contribution is -0.122. The number of anilines is 1. The normalized spacial score (nSPS) is 10.2. The zero-order chi connectivity index (χ0) is 18.4. The smallest absolute Gasteiger partial charge is 0.257 e. The minimum atomic E-state index is -0.260. The molecular formula is C19H21ClN2O3. The van der Waals surface area contributed by atoms with Crippen molar-refractivity contribution in [1.82, 2.24) is 5.32 Å². The molecule has 2 aromatic carbocycles. The largest absolute Gasteiger partial charge is 0.484 e. The first-order chi connectivity index (χ1) is 11.9. The summed E-state index contributed by atoms with van der Waals surface area (Å²) in [6.07, 6.45) is 0. The van der Waals surface area contributed by atoms with Crippen LogP contribution in [0.3, 0.4) is 0 Å². The van der Waals surface area contributed by atoms with Crippen molar-refractivity contribution >= 4 is 29.1 Å². The van der Waals surface area contributed by atoms with E-state index in [9.17, 15) is 9.59 Å². The number of carbonyl (C=O) groups is 2. The van der Waals surface area contributed by atoms with Gasteiger partial charge < -0.3 is 15.4 Å². The van der Waals surface area contributed by atoms with Crippen LogP contribution >= 0.6 is 11.6 Å². The molecule has 2 N–H and O–H groups in total. The number of ether oxygens (including phenoxy) is 1. The second-order valence-electron chi connectivity index (χ2n) is 5.66. The van der Waals surface area contributed by atoms with Gasteiger partial charge in [0, 0.05) is 12.1 Å². The van der Waals surface area contributed by atoms with Gasteiger partial charge in [0.15, 0.2) is 6.61 Å². The van der Waals surface area contributed by atoms with Crippen LogP contribution in [0.15, 0.2) is 36.4 Å². The Labute approximate surface area is 152 Å². The Morgan fingerprint density at radius 2 is 1.80 bits per heavy atom. The Morgan fingerprint density at radius 3 is 2.40 bits per heavy atom. The Kier molecular flexibility index (Phi) is 6.42. The molecule has 132 valence electrons. The summed E-state index contributed by atoms with van der Waals surface area (Å²) in [6.45, 7) is 6.18. The van der Waals surface area contributed by atoms with Crippen molar-refractivity contribution < 1.29 is 14.3 Å². The second kappa shape index (κ2) is 8.53. The number of hydrogen-bond donors (Lipinski definition) is 2. The topological polar surface area (TPSA) is 67.4 Å². The highest BCUT2D eigenvalue weighted by atomic mass is 35.5. The van der Waals surface area contributed by atoms with Gasteiger partial charge in [-0.2, -0.15) is 0 Å². The number of rotatable bonds is 6. The molecule has 0 radical (unpaired) electrons. The number of aryl methyl sites for hydroxylation is 2. The van der Waals surface area contributed by atoms with Gasteiger partial charge >= 0.3 is 0 Å². The van der Waals surface area contributed by atoms with Crippen LogP contribution in [0.5, 0.6) is 5.75 Å². The van der Waals surface area contributed by atoms with E-state index in [2.05, 4.69) is 10.6 Å². The fraction of sp³-hybridized carbons (Fsp3) is 0.263. The van der Waals surface area contributed by atoms with Crippen LogP contribution in [0, 0.1) is 13.8 Å². The minimum Gasteiger partial charge on any atom is -0.484 e. The zero-order valence-corrected chi connectivity index (χ0v) is 15.2. The lowest BCUT2D eigenvalue weighted by Gasteiger charge is -2.12. The van der Waals surface area contributed by atoms with Gasteiger partial charge in [-0.15, -0.1) is 0 Å². The molecule has 0 spiro atoms. The molecule has 2 amide bonds. The zero-order valence-electron chi connectivity index (χ0n) is 14.5. The van der Waals surface area contributed by atoms with Crippen LogP contribution in [0.2, 0.25) is 5.02 Å². The maximum absolute atomic E-state index is 12.4. The molecule has 5 nitrogen and oxygen atoms in total. The van der Waals surface area contributed by atoms with E-state index in [0.29, 0.717) is 28.6 Å². The molecule has 2 rings (SSSR count). The summed E-state index contributed by atoms with van der Waals surface area (Å²) in [5.74, 6) is 0.0743. The standard InChI is InChI=1S/C19H21ClN2O3/c1-4-21-17(23)11-25-15-7-5-14(6-8-15)19(24)22-18-13(3)9-12(2)10-16(18)20/h5-10H,4,11H2,1-3H3,(H,21,23)(H,22,24). The van der Waals surface area contributed by atoms with Crippen LogP contribution in [-0.4, -0.2) is 25.0 Å². The van der Waals surface area contributed by atoms with Crippen molar-refractivity contribution in [2.45, 2.75) is 20.8 Å². The van der Waals surface area contributed by atoms with Gasteiger partial charge in [0.2, 0.25) is 0 Å². The van der Waals surface area contributed by atoms with E-state index >= 15 is 0 Å². The molecular weight excluding hydrogens is 340 g/mol. The summed E-state index contributed by atoms with van der Waals surface area (Å²) in [6, 6.07) is 10.3. The molecule has 0 unspecified atom stereocenters. The van der Waals surface area contributed by atoms with Gasteiger partial charge in [0.25, 0.3) is 11.8 Å². The molecule has 0 aromatic heterocycles. The van der Waals surface area contributed by atoms with Crippen molar-refractivity contribution in [3.05, 3.63) is 58.1 Å². The summed E-state index contributed by atoms with van der Waals surface area (Å²) in [4.78, 5) is 23.8. The molecule has 0 aliphatic rings. The average Bonchev–Trinajstić information content (AvgIpc) is 2.57. The van der Waals surface area contributed by atoms with Gasteiger partial charge in [-0.05, 0) is 62.2 Å². The third-order valence-corrected chi connectivity index (χ3v) is 3.83. The lowest BCUT2D eigenvalue weighted by atomic mass is 10.1. The molecule has 2 aromatic rings. The fourth-order valence-electron chi connectivity index (χ4n) is 2.36. The van der Waals surface area contributed by atoms with Gasteiger partial charge in [-0.1, -0.05) is 17.7 Å².